The molecule has 0 spiro atoms. The zero-order chi connectivity index (χ0) is 26.0. The van der Waals surface area contributed by atoms with Crippen LogP contribution in [0.5, 0.6) is 17.2 Å². The summed E-state index contributed by atoms with van der Waals surface area (Å²) in [5.41, 5.74) is 2.30. The van der Waals surface area contributed by atoms with Crippen LogP contribution in [0, 0.1) is 11.8 Å². The number of dihydropyridines is 1. The number of nitrogens with one attached hydrogen (secondary N) is 1. The van der Waals surface area contributed by atoms with E-state index in [-0.39, 0.29) is 17.6 Å². The Morgan fingerprint density at radius 2 is 1.69 bits per heavy atom. The SMILES string of the molecule is COC(=O)[C@@H]1C(=O)C2=C(C[C@H]1C)NC(C)=C(C(=O)OC(C)C)[C@H]2c1ccc(OC)c(OC)c1OC. The number of allylic oxidation sites excluding steroid dienone is 3. The molecule has 9 heteroatoms. The number of ketones is 1. The van der Waals surface area contributed by atoms with Crippen molar-refractivity contribution in [3.63, 3.8) is 0 Å². The van der Waals surface area contributed by atoms with Gasteiger partial charge in [-0.3, -0.25) is 9.59 Å². The molecule has 0 aromatic heterocycles. The van der Waals surface area contributed by atoms with E-state index in [1.165, 1.54) is 28.4 Å². The lowest BCUT2D eigenvalue weighted by atomic mass is 9.69. The number of Topliss-reactive ketones (excluding diaryl/α,β-unsaturated/α-hetero) is 1. The van der Waals surface area contributed by atoms with Gasteiger partial charge in [0.1, 0.15) is 5.92 Å². The van der Waals surface area contributed by atoms with Crippen molar-refractivity contribution < 1.29 is 38.1 Å². The predicted molar refractivity (Wildman–Crippen MR) is 127 cm³/mol. The lowest BCUT2D eigenvalue weighted by Crippen LogP contribution is -2.43. The van der Waals surface area contributed by atoms with Gasteiger partial charge in [-0.1, -0.05) is 13.0 Å². The summed E-state index contributed by atoms with van der Waals surface area (Å²) in [6.45, 7) is 7.10. The normalized spacial score (nSPS) is 21.9. The van der Waals surface area contributed by atoms with E-state index < -0.39 is 29.6 Å². The van der Waals surface area contributed by atoms with Gasteiger partial charge in [0.05, 0.1) is 46.0 Å². The summed E-state index contributed by atoms with van der Waals surface area (Å²) in [7, 11) is 5.72. The molecule has 1 aromatic carbocycles. The van der Waals surface area contributed by atoms with Crippen LogP contribution in [0.3, 0.4) is 0 Å². The Bertz CT molecular complexity index is 1100. The minimum Gasteiger partial charge on any atom is -0.493 e. The Balaban J connectivity index is 2.32. The molecule has 0 amide bonds. The van der Waals surface area contributed by atoms with Crippen LogP contribution >= 0.6 is 0 Å². The highest BCUT2D eigenvalue weighted by molar-refractivity contribution is 6.12. The monoisotopic (exact) mass is 487 g/mol. The molecule has 0 saturated carbocycles. The van der Waals surface area contributed by atoms with Gasteiger partial charge in [-0.15, -0.1) is 0 Å². The van der Waals surface area contributed by atoms with Gasteiger partial charge >= 0.3 is 11.9 Å². The number of ether oxygens (including phenoxy) is 5. The summed E-state index contributed by atoms with van der Waals surface area (Å²) in [4.78, 5) is 39.8. The van der Waals surface area contributed by atoms with Crippen molar-refractivity contribution in [3.8, 4) is 17.2 Å². The van der Waals surface area contributed by atoms with Gasteiger partial charge in [-0.2, -0.15) is 0 Å². The highest BCUT2D eigenvalue weighted by Crippen LogP contribution is 2.51. The predicted octanol–water partition coefficient (Wildman–Crippen LogP) is 3.28. The molecule has 1 aliphatic carbocycles. The van der Waals surface area contributed by atoms with Gasteiger partial charge in [0.2, 0.25) is 5.75 Å². The second-order valence-electron chi connectivity index (χ2n) is 8.91. The number of carbonyl (C=O) groups excluding carboxylic acids is 3. The molecule has 1 aliphatic heterocycles. The summed E-state index contributed by atoms with van der Waals surface area (Å²) in [5.74, 6) is -2.65. The second-order valence-corrected chi connectivity index (χ2v) is 8.91. The fraction of sp³-hybridized carbons (Fsp3) is 0.500. The zero-order valence-electron chi connectivity index (χ0n) is 21.4. The number of rotatable bonds is 7. The second kappa shape index (κ2) is 10.4. The van der Waals surface area contributed by atoms with E-state index in [0.29, 0.717) is 46.2 Å². The number of carbonyl (C=O) groups is 3. The average Bonchev–Trinajstić information content (AvgIpc) is 2.81. The van der Waals surface area contributed by atoms with E-state index in [1.807, 2.05) is 6.92 Å². The maximum atomic E-state index is 13.9. The van der Waals surface area contributed by atoms with E-state index in [9.17, 15) is 14.4 Å². The van der Waals surface area contributed by atoms with E-state index in [1.54, 1.807) is 32.9 Å². The van der Waals surface area contributed by atoms with Crippen LogP contribution in [0.25, 0.3) is 0 Å². The first-order valence-corrected chi connectivity index (χ1v) is 11.4. The van der Waals surface area contributed by atoms with Crippen LogP contribution in [-0.2, 0) is 23.9 Å². The Kier molecular flexibility index (Phi) is 7.77. The van der Waals surface area contributed by atoms with Crippen molar-refractivity contribution in [2.45, 2.75) is 46.1 Å². The number of esters is 2. The summed E-state index contributed by atoms with van der Waals surface area (Å²) < 4.78 is 27.2. The van der Waals surface area contributed by atoms with Crippen LogP contribution in [0.1, 0.15) is 45.6 Å². The molecule has 0 unspecified atom stereocenters. The highest BCUT2D eigenvalue weighted by atomic mass is 16.5. The van der Waals surface area contributed by atoms with Crippen LogP contribution in [0.2, 0.25) is 0 Å². The van der Waals surface area contributed by atoms with E-state index in [4.69, 9.17) is 23.7 Å². The minimum absolute atomic E-state index is 0.259. The Labute approximate surface area is 205 Å². The summed E-state index contributed by atoms with van der Waals surface area (Å²) >= 11 is 0. The molecule has 1 heterocycles. The minimum atomic E-state index is -0.991. The van der Waals surface area contributed by atoms with Crippen LogP contribution < -0.4 is 19.5 Å². The third-order valence-electron chi connectivity index (χ3n) is 6.35. The fourth-order valence-corrected chi connectivity index (χ4v) is 4.89. The van der Waals surface area contributed by atoms with Crippen LogP contribution in [0.4, 0.5) is 0 Å². The largest absolute Gasteiger partial charge is 0.493 e. The van der Waals surface area contributed by atoms with Crippen LogP contribution in [0.15, 0.2) is 34.7 Å². The standard InChI is InChI=1S/C26H33NO8/c1-12(2)35-26(30)19-14(4)27-16-11-13(3)18(25(29)34-8)22(28)21(16)20(19)15-9-10-17(31-5)24(33-7)23(15)32-6/h9-10,12-13,18,20,27H,11H2,1-8H3/t13-,18+,20-/m1/s1. The van der Waals surface area contributed by atoms with Crippen molar-refractivity contribution in [1.29, 1.82) is 0 Å². The smallest absolute Gasteiger partial charge is 0.337 e. The third kappa shape index (κ3) is 4.59. The molecule has 3 rings (SSSR count). The highest BCUT2D eigenvalue weighted by Gasteiger charge is 2.48. The Morgan fingerprint density at radius 1 is 1.03 bits per heavy atom. The summed E-state index contributed by atoms with van der Waals surface area (Å²) in [6.07, 6.45) is 0.0487. The van der Waals surface area contributed by atoms with Crippen molar-refractivity contribution >= 4 is 17.7 Å². The molecule has 9 nitrogen and oxygen atoms in total. The molecule has 1 aromatic rings. The third-order valence-corrected chi connectivity index (χ3v) is 6.35. The van der Waals surface area contributed by atoms with E-state index >= 15 is 0 Å². The van der Waals surface area contributed by atoms with Gasteiger partial charge in [-0.25, -0.2) is 4.79 Å². The van der Waals surface area contributed by atoms with Gasteiger partial charge in [-0.05, 0) is 39.2 Å². The molecular formula is C26H33NO8. The molecule has 2 aliphatic rings. The molecule has 0 radical (unpaired) electrons. The first-order chi connectivity index (χ1) is 16.6. The topological polar surface area (TPSA) is 109 Å². The number of methoxy groups -OCH3 is 4. The molecule has 35 heavy (non-hydrogen) atoms. The molecule has 3 atom stereocenters. The Hall–Kier alpha value is -3.49. The quantitative estimate of drug-likeness (QED) is 0.458. The maximum Gasteiger partial charge on any atom is 0.337 e. The number of hydrogen-bond donors (Lipinski definition) is 1. The lowest BCUT2D eigenvalue weighted by Gasteiger charge is -2.38. The van der Waals surface area contributed by atoms with Crippen molar-refractivity contribution in [3.05, 3.63) is 40.2 Å². The van der Waals surface area contributed by atoms with Gasteiger partial charge < -0.3 is 29.0 Å². The van der Waals surface area contributed by atoms with E-state index in [0.717, 1.165) is 0 Å². The van der Waals surface area contributed by atoms with Gasteiger partial charge in [0, 0.05) is 22.5 Å². The number of hydrogen-bond acceptors (Lipinski definition) is 9. The zero-order valence-corrected chi connectivity index (χ0v) is 21.4. The maximum absolute atomic E-state index is 13.9. The molecule has 0 fully saturated rings. The van der Waals surface area contributed by atoms with Gasteiger partial charge in [0.15, 0.2) is 17.3 Å². The average molecular weight is 488 g/mol. The molecule has 0 bridgehead atoms. The van der Waals surface area contributed by atoms with Crippen LogP contribution in [-0.4, -0.2) is 52.3 Å². The fourth-order valence-electron chi connectivity index (χ4n) is 4.89. The molecule has 0 saturated heterocycles. The Morgan fingerprint density at radius 3 is 2.23 bits per heavy atom. The van der Waals surface area contributed by atoms with Crippen molar-refractivity contribution in [2.75, 3.05) is 28.4 Å². The van der Waals surface area contributed by atoms with Gasteiger partial charge in [0.25, 0.3) is 0 Å². The summed E-state index contributed by atoms with van der Waals surface area (Å²) in [6, 6.07) is 3.42. The first kappa shape index (κ1) is 26.1. The molecular weight excluding hydrogens is 454 g/mol. The number of benzene rings is 1. The molecule has 1 N–H and O–H groups in total. The van der Waals surface area contributed by atoms with E-state index in [2.05, 4.69) is 5.32 Å². The van der Waals surface area contributed by atoms with Crippen molar-refractivity contribution in [2.24, 2.45) is 11.8 Å². The molecule has 190 valence electrons. The summed E-state index contributed by atoms with van der Waals surface area (Å²) in [5, 5.41) is 3.24. The lowest BCUT2D eigenvalue weighted by molar-refractivity contribution is -0.151. The van der Waals surface area contributed by atoms with Crippen molar-refractivity contribution in [1.82, 2.24) is 5.32 Å². The first-order valence-electron chi connectivity index (χ1n) is 11.4.